The third-order valence-corrected chi connectivity index (χ3v) is 4.59. The molecule has 6 heteroatoms. The van der Waals surface area contributed by atoms with Crippen LogP contribution in [0.4, 0.5) is 0 Å². The van der Waals surface area contributed by atoms with Crippen molar-refractivity contribution in [3.63, 3.8) is 0 Å². The standard InChI is InChI=1S/C14H20ClNO3S/c1-5-11-7-8-12(9-13(11)20(15,18)19)14(17)16(6-2)10(3)4/h7-10H,5-6H2,1-4H3. The predicted octanol–water partition coefficient (Wildman–Crippen LogP) is 3.05. The van der Waals surface area contributed by atoms with Crippen molar-refractivity contribution < 1.29 is 13.2 Å². The van der Waals surface area contributed by atoms with Gasteiger partial charge in [0, 0.05) is 28.8 Å². The first kappa shape index (κ1) is 17.0. The summed E-state index contributed by atoms with van der Waals surface area (Å²) in [5, 5.41) is 0. The highest BCUT2D eigenvalue weighted by Crippen LogP contribution is 2.23. The molecular weight excluding hydrogens is 298 g/mol. The molecule has 0 saturated carbocycles. The van der Waals surface area contributed by atoms with E-state index in [-0.39, 0.29) is 16.8 Å². The Balaban J connectivity index is 3.32. The molecule has 20 heavy (non-hydrogen) atoms. The highest BCUT2D eigenvalue weighted by atomic mass is 35.7. The summed E-state index contributed by atoms with van der Waals surface area (Å²) < 4.78 is 23.2. The van der Waals surface area contributed by atoms with E-state index in [1.54, 1.807) is 17.0 Å². The third kappa shape index (κ3) is 3.73. The zero-order chi connectivity index (χ0) is 15.5. The summed E-state index contributed by atoms with van der Waals surface area (Å²) in [5.41, 5.74) is 0.959. The van der Waals surface area contributed by atoms with Gasteiger partial charge >= 0.3 is 0 Å². The second-order valence-electron chi connectivity index (χ2n) is 4.80. The first-order valence-corrected chi connectivity index (χ1v) is 8.91. The van der Waals surface area contributed by atoms with Gasteiger partial charge in [-0.05, 0) is 44.9 Å². The van der Waals surface area contributed by atoms with Gasteiger partial charge in [-0.2, -0.15) is 0 Å². The number of hydrogen-bond acceptors (Lipinski definition) is 3. The van der Waals surface area contributed by atoms with Crippen LogP contribution in [0.3, 0.4) is 0 Å². The molecule has 0 atom stereocenters. The minimum atomic E-state index is -3.85. The smallest absolute Gasteiger partial charge is 0.261 e. The Morgan fingerprint density at radius 1 is 1.30 bits per heavy atom. The number of nitrogens with zero attached hydrogens (tertiary/aromatic N) is 1. The highest BCUT2D eigenvalue weighted by molar-refractivity contribution is 8.13. The summed E-state index contributed by atoms with van der Waals surface area (Å²) in [5.74, 6) is -0.188. The van der Waals surface area contributed by atoms with Gasteiger partial charge in [-0.1, -0.05) is 13.0 Å². The first-order valence-electron chi connectivity index (χ1n) is 6.60. The van der Waals surface area contributed by atoms with Crippen LogP contribution in [-0.4, -0.2) is 31.8 Å². The second-order valence-corrected chi connectivity index (χ2v) is 7.33. The maximum absolute atomic E-state index is 12.4. The summed E-state index contributed by atoms with van der Waals surface area (Å²) in [4.78, 5) is 14.1. The molecule has 1 aromatic rings. The molecule has 4 nitrogen and oxygen atoms in total. The normalized spacial score (nSPS) is 11.7. The number of benzene rings is 1. The molecule has 1 rings (SSSR count). The number of amides is 1. The predicted molar refractivity (Wildman–Crippen MR) is 80.7 cm³/mol. The molecule has 0 unspecified atom stereocenters. The molecule has 0 aliphatic carbocycles. The maximum atomic E-state index is 12.4. The molecule has 1 aromatic carbocycles. The topological polar surface area (TPSA) is 54.5 Å². The maximum Gasteiger partial charge on any atom is 0.261 e. The Kier molecular flexibility index (Phi) is 5.59. The van der Waals surface area contributed by atoms with Crippen molar-refractivity contribution in [2.75, 3.05) is 6.54 Å². The molecule has 0 spiro atoms. The molecule has 112 valence electrons. The molecule has 0 aliphatic heterocycles. The second kappa shape index (κ2) is 6.59. The van der Waals surface area contributed by atoms with E-state index in [1.807, 2.05) is 27.7 Å². The molecular formula is C14H20ClNO3S. The molecule has 1 amide bonds. The third-order valence-electron chi connectivity index (χ3n) is 3.18. The molecule has 0 aromatic heterocycles. The quantitative estimate of drug-likeness (QED) is 0.784. The van der Waals surface area contributed by atoms with Gasteiger partial charge in [0.1, 0.15) is 0 Å². The molecule has 0 saturated heterocycles. The van der Waals surface area contributed by atoms with Crippen LogP contribution in [-0.2, 0) is 15.5 Å². The molecule has 0 bridgehead atoms. The minimum Gasteiger partial charge on any atom is -0.337 e. The Bertz CT molecular complexity index is 596. The molecule has 0 aliphatic rings. The van der Waals surface area contributed by atoms with Gasteiger partial charge in [-0.25, -0.2) is 8.42 Å². The summed E-state index contributed by atoms with van der Waals surface area (Å²) in [6.45, 7) is 8.13. The molecule has 0 radical (unpaired) electrons. The van der Waals surface area contributed by atoms with Crippen LogP contribution in [0.25, 0.3) is 0 Å². The van der Waals surface area contributed by atoms with E-state index in [0.717, 1.165) is 0 Å². The van der Waals surface area contributed by atoms with Gasteiger partial charge in [-0.3, -0.25) is 4.79 Å². The van der Waals surface area contributed by atoms with Crippen LogP contribution in [0.5, 0.6) is 0 Å². The Labute approximate surface area is 125 Å². The average molecular weight is 318 g/mol. The molecule has 0 fully saturated rings. The molecule has 0 N–H and O–H groups in total. The number of carbonyl (C=O) groups excluding carboxylic acids is 1. The summed E-state index contributed by atoms with van der Waals surface area (Å²) in [7, 11) is 1.59. The fourth-order valence-electron chi connectivity index (χ4n) is 2.12. The van der Waals surface area contributed by atoms with Gasteiger partial charge in [-0.15, -0.1) is 0 Å². The van der Waals surface area contributed by atoms with Gasteiger partial charge in [0.15, 0.2) is 0 Å². The highest BCUT2D eigenvalue weighted by Gasteiger charge is 2.21. The van der Waals surface area contributed by atoms with E-state index in [1.165, 1.54) is 6.07 Å². The van der Waals surface area contributed by atoms with Crippen LogP contribution >= 0.6 is 10.7 Å². The Morgan fingerprint density at radius 2 is 1.90 bits per heavy atom. The SMILES string of the molecule is CCc1ccc(C(=O)N(CC)C(C)C)cc1S(=O)(=O)Cl. The van der Waals surface area contributed by atoms with Crippen molar-refractivity contribution in [3.8, 4) is 0 Å². The van der Waals surface area contributed by atoms with Crippen LogP contribution in [0.15, 0.2) is 23.1 Å². The number of carbonyl (C=O) groups is 1. The number of rotatable bonds is 5. The zero-order valence-corrected chi connectivity index (χ0v) is 13.8. The summed E-state index contributed by atoms with van der Waals surface area (Å²) >= 11 is 0. The van der Waals surface area contributed by atoms with Gasteiger partial charge in [0.05, 0.1) is 4.90 Å². The summed E-state index contributed by atoms with van der Waals surface area (Å²) in [6, 6.07) is 4.72. The number of aryl methyl sites for hydroxylation is 1. The summed E-state index contributed by atoms with van der Waals surface area (Å²) in [6.07, 6.45) is 0.539. The van der Waals surface area contributed by atoms with E-state index in [2.05, 4.69) is 0 Å². The zero-order valence-electron chi connectivity index (χ0n) is 12.2. The number of halogens is 1. The lowest BCUT2D eigenvalue weighted by molar-refractivity contribution is 0.0716. The lowest BCUT2D eigenvalue weighted by Gasteiger charge is -2.25. The number of hydrogen-bond donors (Lipinski definition) is 0. The molecule has 0 heterocycles. The van der Waals surface area contributed by atoms with Crippen molar-refractivity contribution in [1.29, 1.82) is 0 Å². The monoisotopic (exact) mass is 317 g/mol. The van der Waals surface area contributed by atoms with E-state index in [4.69, 9.17) is 10.7 Å². The van der Waals surface area contributed by atoms with Gasteiger partial charge < -0.3 is 4.90 Å². The average Bonchev–Trinajstić information content (AvgIpc) is 2.37. The fourth-order valence-corrected chi connectivity index (χ4v) is 3.34. The lowest BCUT2D eigenvalue weighted by Crippen LogP contribution is -2.36. The van der Waals surface area contributed by atoms with Crippen molar-refractivity contribution in [2.24, 2.45) is 0 Å². The Morgan fingerprint density at radius 3 is 2.30 bits per heavy atom. The van der Waals surface area contributed by atoms with Crippen LogP contribution < -0.4 is 0 Å². The van der Waals surface area contributed by atoms with E-state index in [9.17, 15) is 13.2 Å². The van der Waals surface area contributed by atoms with Crippen molar-refractivity contribution >= 4 is 25.6 Å². The largest absolute Gasteiger partial charge is 0.337 e. The van der Waals surface area contributed by atoms with E-state index >= 15 is 0 Å². The lowest BCUT2D eigenvalue weighted by atomic mass is 10.1. The van der Waals surface area contributed by atoms with Gasteiger partial charge in [0.2, 0.25) is 0 Å². The minimum absolute atomic E-state index is 0.0207. The van der Waals surface area contributed by atoms with Gasteiger partial charge in [0.25, 0.3) is 15.0 Å². The van der Waals surface area contributed by atoms with Crippen molar-refractivity contribution in [1.82, 2.24) is 4.90 Å². The van der Waals surface area contributed by atoms with E-state index in [0.29, 0.717) is 24.1 Å². The van der Waals surface area contributed by atoms with Crippen LogP contribution in [0.1, 0.15) is 43.6 Å². The first-order chi connectivity index (χ1) is 9.22. The van der Waals surface area contributed by atoms with Crippen molar-refractivity contribution in [3.05, 3.63) is 29.3 Å². The Hall–Kier alpha value is -1.07. The van der Waals surface area contributed by atoms with Crippen LogP contribution in [0, 0.1) is 0 Å². The van der Waals surface area contributed by atoms with E-state index < -0.39 is 9.05 Å². The fraction of sp³-hybridized carbons (Fsp3) is 0.500. The van der Waals surface area contributed by atoms with Crippen molar-refractivity contribution in [2.45, 2.75) is 45.1 Å². The van der Waals surface area contributed by atoms with Crippen LogP contribution in [0.2, 0.25) is 0 Å².